The molecule has 1 aromatic carbocycles. The Kier molecular flexibility index (Phi) is 4.00. The highest BCUT2D eigenvalue weighted by Crippen LogP contribution is 2.18. The fraction of sp³-hybridized carbons (Fsp3) is 0.571. The van der Waals surface area contributed by atoms with Crippen molar-refractivity contribution in [2.24, 2.45) is 5.92 Å². The fourth-order valence-electron chi connectivity index (χ4n) is 2.28. The van der Waals surface area contributed by atoms with E-state index in [2.05, 4.69) is 17.3 Å². The zero-order valence-electron chi connectivity index (χ0n) is 10.7. The molecule has 0 aliphatic carbocycles. The fourth-order valence-corrected chi connectivity index (χ4v) is 2.28. The molecule has 1 aliphatic heterocycles. The van der Waals surface area contributed by atoms with E-state index in [1.807, 2.05) is 12.1 Å². The molecule has 2 rings (SSSR count). The number of hydrogen-bond donors (Lipinski definition) is 1. The van der Waals surface area contributed by atoms with Gasteiger partial charge in [0.05, 0.1) is 0 Å². The van der Waals surface area contributed by atoms with E-state index in [1.54, 1.807) is 6.92 Å². The molecule has 0 amide bonds. The summed E-state index contributed by atoms with van der Waals surface area (Å²) in [4.78, 5) is 2.37. The van der Waals surface area contributed by atoms with Crippen molar-refractivity contribution >= 4 is 5.69 Å². The average molecular weight is 236 g/mol. The van der Waals surface area contributed by atoms with Crippen LogP contribution >= 0.6 is 0 Å². The minimum Gasteiger partial charge on any atom is -0.385 e. The van der Waals surface area contributed by atoms with Gasteiger partial charge in [-0.1, -0.05) is 0 Å². The van der Waals surface area contributed by atoms with Crippen molar-refractivity contribution in [3.8, 4) is 0 Å². The number of nitrogens with one attached hydrogen (secondary N) is 1. The lowest BCUT2D eigenvalue weighted by Gasteiger charge is -2.29. The zero-order valence-corrected chi connectivity index (χ0v) is 10.7. The van der Waals surface area contributed by atoms with Crippen LogP contribution in [0.25, 0.3) is 0 Å². The number of aryl methyl sites for hydroxylation is 1. The molecule has 1 saturated heterocycles. The third-order valence-electron chi connectivity index (χ3n) is 3.59. The lowest BCUT2D eigenvalue weighted by atomic mass is 9.97. The van der Waals surface area contributed by atoms with Gasteiger partial charge in [-0.3, -0.25) is 0 Å². The Labute approximate surface area is 103 Å². The van der Waals surface area contributed by atoms with Gasteiger partial charge in [-0.15, -0.1) is 0 Å². The van der Waals surface area contributed by atoms with Gasteiger partial charge in [-0.25, -0.2) is 4.39 Å². The zero-order chi connectivity index (χ0) is 12.3. The van der Waals surface area contributed by atoms with E-state index in [0.29, 0.717) is 5.56 Å². The number of halogens is 1. The number of rotatable bonds is 3. The van der Waals surface area contributed by atoms with Crippen LogP contribution in [0.5, 0.6) is 0 Å². The summed E-state index contributed by atoms with van der Waals surface area (Å²) in [5.74, 6) is 0.617. The third kappa shape index (κ3) is 3.43. The molecule has 0 atom stereocenters. The topological polar surface area (TPSA) is 15.3 Å². The van der Waals surface area contributed by atoms with Gasteiger partial charge in [0.25, 0.3) is 0 Å². The van der Waals surface area contributed by atoms with Crippen molar-refractivity contribution in [1.29, 1.82) is 0 Å². The molecule has 2 nitrogen and oxygen atoms in total. The predicted octanol–water partition coefficient (Wildman–Crippen LogP) is 2.89. The monoisotopic (exact) mass is 236 g/mol. The highest BCUT2D eigenvalue weighted by molar-refractivity contribution is 5.45. The van der Waals surface area contributed by atoms with Crippen LogP contribution in [0.3, 0.4) is 0 Å². The van der Waals surface area contributed by atoms with Crippen LogP contribution in [-0.4, -0.2) is 31.6 Å². The van der Waals surface area contributed by atoms with Crippen molar-refractivity contribution < 1.29 is 4.39 Å². The highest BCUT2D eigenvalue weighted by atomic mass is 19.1. The molecule has 1 aliphatic rings. The molecule has 1 heterocycles. The van der Waals surface area contributed by atoms with Crippen LogP contribution in [0.15, 0.2) is 18.2 Å². The van der Waals surface area contributed by atoms with Crippen molar-refractivity contribution in [3.05, 3.63) is 29.6 Å². The van der Waals surface area contributed by atoms with Crippen molar-refractivity contribution in [3.63, 3.8) is 0 Å². The third-order valence-corrected chi connectivity index (χ3v) is 3.59. The molecule has 1 N–H and O–H groups in total. The Morgan fingerprint density at radius 2 is 2.06 bits per heavy atom. The summed E-state index contributed by atoms with van der Waals surface area (Å²) < 4.78 is 13.1. The number of piperidine rings is 1. The van der Waals surface area contributed by atoms with Crippen LogP contribution in [0.2, 0.25) is 0 Å². The minimum atomic E-state index is -0.130. The average Bonchev–Trinajstić information content (AvgIpc) is 2.33. The molecule has 0 aromatic heterocycles. The Morgan fingerprint density at radius 3 is 2.71 bits per heavy atom. The number of anilines is 1. The summed E-state index contributed by atoms with van der Waals surface area (Å²) in [5, 5.41) is 3.41. The first-order valence-electron chi connectivity index (χ1n) is 6.33. The summed E-state index contributed by atoms with van der Waals surface area (Å²) in [7, 11) is 2.17. The molecular formula is C14H21FN2. The maximum absolute atomic E-state index is 13.1. The van der Waals surface area contributed by atoms with Gasteiger partial charge < -0.3 is 10.2 Å². The standard InChI is InChI=1S/C14H21FN2/c1-11-9-13(3-4-14(11)15)16-10-12-5-7-17(2)8-6-12/h3-4,9,12,16H,5-8,10H2,1-2H3. The van der Waals surface area contributed by atoms with E-state index in [1.165, 1.54) is 32.0 Å². The largest absolute Gasteiger partial charge is 0.385 e. The van der Waals surface area contributed by atoms with E-state index < -0.39 is 0 Å². The van der Waals surface area contributed by atoms with Crippen molar-refractivity contribution in [2.75, 3.05) is 32.0 Å². The first-order chi connectivity index (χ1) is 8.15. The van der Waals surface area contributed by atoms with Crippen molar-refractivity contribution in [2.45, 2.75) is 19.8 Å². The molecule has 0 bridgehead atoms. The van der Waals surface area contributed by atoms with Gasteiger partial charge >= 0.3 is 0 Å². The molecular weight excluding hydrogens is 215 g/mol. The lowest BCUT2D eigenvalue weighted by molar-refractivity contribution is 0.226. The van der Waals surface area contributed by atoms with Crippen LogP contribution in [0.1, 0.15) is 18.4 Å². The summed E-state index contributed by atoms with van der Waals surface area (Å²) in [5.41, 5.74) is 1.74. The molecule has 17 heavy (non-hydrogen) atoms. The number of hydrogen-bond acceptors (Lipinski definition) is 2. The SMILES string of the molecule is Cc1cc(NCC2CCN(C)CC2)ccc1F. The predicted molar refractivity (Wildman–Crippen MR) is 69.8 cm³/mol. The van der Waals surface area contributed by atoms with Gasteiger partial charge in [0.15, 0.2) is 0 Å². The summed E-state index contributed by atoms with van der Waals surface area (Å²) >= 11 is 0. The normalized spacial score (nSPS) is 18.3. The van der Waals surface area contributed by atoms with Gasteiger partial charge in [0.2, 0.25) is 0 Å². The maximum atomic E-state index is 13.1. The second-order valence-electron chi connectivity index (χ2n) is 5.09. The van der Waals surface area contributed by atoms with E-state index >= 15 is 0 Å². The number of nitrogens with zero attached hydrogens (tertiary/aromatic N) is 1. The molecule has 0 spiro atoms. The number of likely N-dealkylation sites (tertiary alicyclic amines) is 1. The molecule has 1 fully saturated rings. The second kappa shape index (κ2) is 5.50. The molecule has 0 radical (unpaired) electrons. The molecule has 3 heteroatoms. The van der Waals surface area contributed by atoms with E-state index in [-0.39, 0.29) is 5.82 Å². The molecule has 0 saturated carbocycles. The van der Waals surface area contributed by atoms with Gasteiger partial charge in [0, 0.05) is 12.2 Å². The Morgan fingerprint density at radius 1 is 1.35 bits per heavy atom. The molecule has 1 aromatic rings. The highest BCUT2D eigenvalue weighted by Gasteiger charge is 2.16. The van der Waals surface area contributed by atoms with Gasteiger partial charge in [-0.05, 0) is 69.6 Å². The van der Waals surface area contributed by atoms with E-state index in [9.17, 15) is 4.39 Å². The van der Waals surface area contributed by atoms with Gasteiger partial charge in [-0.2, -0.15) is 0 Å². The number of benzene rings is 1. The quantitative estimate of drug-likeness (QED) is 0.868. The van der Waals surface area contributed by atoms with Crippen LogP contribution in [0.4, 0.5) is 10.1 Å². The van der Waals surface area contributed by atoms with Crippen molar-refractivity contribution in [1.82, 2.24) is 4.90 Å². The minimum absolute atomic E-state index is 0.130. The lowest BCUT2D eigenvalue weighted by Crippen LogP contribution is -2.32. The van der Waals surface area contributed by atoms with Crippen LogP contribution in [0, 0.1) is 18.7 Å². The first kappa shape index (κ1) is 12.4. The Hall–Kier alpha value is -1.09. The Balaban J connectivity index is 1.83. The summed E-state index contributed by atoms with van der Waals surface area (Å²) in [6.45, 7) is 5.18. The summed E-state index contributed by atoms with van der Waals surface area (Å²) in [6, 6.07) is 5.23. The van der Waals surface area contributed by atoms with Gasteiger partial charge in [0.1, 0.15) is 5.82 Å². The van der Waals surface area contributed by atoms with E-state index in [0.717, 1.165) is 18.2 Å². The molecule has 94 valence electrons. The summed E-state index contributed by atoms with van der Waals surface area (Å²) in [6.07, 6.45) is 2.51. The smallest absolute Gasteiger partial charge is 0.126 e. The Bertz CT molecular complexity index is 370. The maximum Gasteiger partial charge on any atom is 0.126 e. The first-order valence-corrected chi connectivity index (χ1v) is 6.33. The van der Waals surface area contributed by atoms with Crippen LogP contribution < -0.4 is 5.32 Å². The van der Waals surface area contributed by atoms with Crippen LogP contribution in [-0.2, 0) is 0 Å². The molecule has 0 unspecified atom stereocenters. The van der Waals surface area contributed by atoms with E-state index in [4.69, 9.17) is 0 Å². The second-order valence-corrected chi connectivity index (χ2v) is 5.09.